The van der Waals surface area contributed by atoms with E-state index in [-0.39, 0.29) is 24.3 Å². The summed E-state index contributed by atoms with van der Waals surface area (Å²) in [5.41, 5.74) is 3.90. The first-order valence-corrected chi connectivity index (χ1v) is 15.0. The monoisotopic (exact) mass is 571 g/mol. The minimum Gasteiger partial charge on any atom is -0.489 e. The molecule has 0 bridgehead atoms. The van der Waals surface area contributed by atoms with Crippen LogP contribution in [-0.2, 0) is 27.4 Å². The van der Waals surface area contributed by atoms with Crippen molar-refractivity contribution < 1.29 is 19.1 Å². The van der Waals surface area contributed by atoms with E-state index >= 15 is 0 Å². The fourth-order valence-electron chi connectivity index (χ4n) is 5.78. The lowest BCUT2D eigenvalue weighted by Crippen LogP contribution is -2.49. The number of benzene rings is 3. The Kier molecular flexibility index (Phi) is 11.2. The summed E-state index contributed by atoms with van der Waals surface area (Å²) in [5.74, 6) is 0.486. The number of methoxy groups -OCH3 is 1. The van der Waals surface area contributed by atoms with Crippen LogP contribution >= 0.6 is 0 Å². The predicted octanol–water partition coefficient (Wildman–Crippen LogP) is 5.70. The zero-order valence-corrected chi connectivity index (χ0v) is 25.6. The number of nitrogens with zero attached hydrogens (tertiary/aromatic N) is 2. The van der Waals surface area contributed by atoms with Gasteiger partial charge in [0.2, 0.25) is 11.8 Å². The molecule has 0 fully saturated rings. The SMILES string of the molecule is COC(CC(=O)N1CCc2cc(OCc3ccccc3)ccc2C1C(=O)NCCN(C(C)C)C(C)C)c1ccccc1. The molecule has 4 rings (SSSR count). The minimum absolute atomic E-state index is 0.105. The molecule has 42 heavy (non-hydrogen) atoms. The molecule has 1 heterocycles. The molecule has 3 aromatic rings. The lowest BCUT2D eigenvalue weighted by Gasteiger charge is -2.37. The van der Waals surface area contributed by atoms with Gasteiger partial charge >= 0.3 is 0 Å². The van der Waals surface area contributed by atoms with Gasteiger partial charge in [0.05, 0.1) is 12.5 Å². The summed E-state index contributed by atoms with van der Waals surface area (Å²) in [6.07, 6.45) is 0.417. The number of carbonyl (C=O) groups excluding carboxylic acids is 2. The summed E-state index contributed by atoms with van der Waals surface area (Å²) >= 11 is 0. The van der Waals surface area contributed by atoms with Crippen LogP contribution < -0.4 is 10.1 Å². The molecule has 2 amide bonds. The molecule has 7 heteroatoms. The average Bonchev–Trinajstić information content (AvgIpc) is 3.00. The van der Waals surface area contributed by atoms with Crippen molar-refractivity contribution in [2.75, 3.05) is 26.7 Å². The van der Waals surface area contributed by atoms with Gasteiger partial charge in [-0.15, -0.1) is 0 Å². The van der Waals surface area contributed by atoms with Crippen LogP contribution in [0.2, 0.25) is 0 Å². The second-order valence-electron chi connectivity index (χ2n) is 11.4. The van der Waals surface area contributed by atoms with E-state index in [0.29, 0.717) is 38.2 Å². The van der Waals surface area contributed by atoms with E-state index in [1.165, 1.54) is 0 Å². The largest absolute Gasteiger partial charge is 0.489 e. The number of hydrogen-bond donors (Lipinski definition) is 1. The molecule has 0 radical (unpaired) electrons. The highest BCUT2D eigenvalue weighted by atomic mass is 16.5. The number of nitrogens with one attached hydrogen (secondary N) is 1. The smallest absolute Gasteiger partial charge is 0.247 e. The molecule has 0 spiro atoms. The predicted molar refractivity (Wildman–Crippen MR) is 166 cm³/mol. The summed E-state index contributed by atoms with van der Waals surface area (Å²) in [7, 11) is 1.62. The van der Waals surface area contributed by atoms with Crippen molar-refractivity contribution in [1.29, 1.82) is 0 Å². The molecule has 0 aliphatic carbocycles. The van der Waals surface area contributed by atoms with Crippen LogP contribution in [0.5, 0.6) is 5.75 Å². The standard InChI is InChI=1S/C35H45N3O4/c1-25(2)37(26(3)4)21-19-36-35(40)34-31-17-16-30(42-24-27-12-8-6-9-13-27)22-29(31)18-20-38(34)33(39)23-32(41-5)28-14-10-7-11-15-28/h6-17,22,25-26,32,34H,18-21,23-24H2,1-5H3,(H,36,40). The number of rotatable bonds is 13. The highest BCUT2D eigenvalue weighted by Gasteiger charge is 2.37. The average molecular weight is 572 g/mol. The third kappa shape index (κ3) is 7.99. The molecule has 0 saturated carbocycles. The van der Waals surface area contributed by atoms with Crippen LogP contribution in [0.4, 0.5) is 0 Å². The first-order chi connectivity index (χ1) is 20.3. The number of hydrogen-bond acceptors (Lipinski definition) is 5. The molecular formula is C35H45N3O4. The quantitative estimate of drug-likeness (QED) is 0.285. The summed E-state index contributed by atoms with van der Waals surface area (Å²) in [6.45, 7) is 10.8. The topological polar surface area (TPSA) is 71.1 Å². The summed E-state index contributed by atoms with van der Waals surface area (Å²) in [5, 5.41) is 3.14. The molecule has 1 aliphatic heterocycles. The maximum atomic E-state index is 13.8. The van der Waals surface area contributed by atoms with Crippen molar-refractivity contribution >= 4 is 11.8 Å². The Morgan fingerprint density at radius 1 is 0.952 bits per heavy atom. The van der Waals surface area contributed by atoms with Crippen LogP contribution in [0.1, 0.15) is 68.5 Å². The van der Waals surface area contributed by atoms with E-state index in [1.54, 1.807) is 12.0 Å². The van der Waals surface area contributed by atoms with E-state index < -0.39 is 6.04 Å². The molecule has 0 aromatic heterocycles. The Labute approximate surface area is 250 Å². The number of amides is 2. The molecule has 0 saturated heterocycles. The molecular weight excluding hydrogens is 526 g/mol. The van der Waals surface area contributed by atoms with Crippen molar-refractivity contribution in [2.45, 2.75) is 71.4 Å². The third-order valence-electron chi connectivity index (χ3n) is 7.97. The maximum absolute atomic E-state index is 13.8. The molecule has 2 atom stereocenters. The normalized spacial score (nSPS) is 15.5. The molecule has 3 aromatic carbocycles. The third-order valence-corrected chi connectivity index (χ3v) is 7.97. The Balaban J connectivity index is 1.54. The number of ether oxygens (including phenoxy) is 2. The highest BCUT2D eigenvalue weighted by Crippen LogP contribution is 2.34. The van der Waals surface area contributed by atoms with Gasteiger partial charge in [0, 0.05) is 38.8 Å². The van der Waals surface area contributed by atoms with E-state index in [9.17, 15) is 9.59 Å². The Morgan fingerprint density at radius 3 is 2.26 bits per heavy atom. The Bertz CT molecular complexity index is 1290. The molecule has 1 aliphatic rings. The van der Waals surface area contributed by atoms with Crippen LogP contribution in [0, 0.1) is 0 Å². The van der Waals surface area contributed by atoms with E-state index in [0.717, 1.165) is 34.5 Å². The summed E-state index contributed by atoms with van der Waals surface area (Å²) in [6, 6.07) is 25.7. The first-order valence-electron chi connectivity index (χ1n) is 15.0. The lowest BCUT2D eigenvalue weighted by atomic mass is 9.91. The maximum Gasteiger partial charge on any atom is 0.247 e. The van der Waals surface area contributed by atoms with E-state index in [2.05, 4.69) is 37.9 Å². The second kappa shape index (κ2) is 15.0. The van der Waals surface area contributed by atoms with Gasteiger partial charge < -0.3 is 19.7 Å². The van der Waals surface area contributed by atoms with Gasteiger partial charge in [-0.05, 0) is 68.5 Å². The summed E-state index contributed by atoms with van der Waals surface area (Å²) < 4.78 is 11.8. The minimum atomic E-state index is -0.718. The van der Waals surface area contributed by atoms with Crippen molar-refractivity contribution in [3.8, 4) is 5.75 Å². The van der Waals surface area contributed by atoms with Crippen molar-refractivity contribution in [3.05, 3.63) is 101 Å². The zero-order valence-electron chi connectivity index (χ0n) is 25.6. The van der Waals surface area contributed by atoms with E-state index in [4.69, 9.17) is 9.47 Å². The number of fused-ring (bicyclic) bond motifs is 1. The first kappa shape index (κ1) is 31.3. The van der Waals surface area contributed by atoms with Crippen molar-refractivity contribution in [3.63, 3.8) is 0 Å². The lowest BCUT2D eigenvalue weighted by molar-refractivity contribution is -0.143. The van der Waals surface area contributed by atoms with Crippen LogP contribution in [0.3, 0.4) is 0 Å². The second-order valence-corrected chi connectivity index (χ2v) is 11.4. The van der Waals surface area contributed by atoms with Crippen molar-refractivity contribution in [1.82, 2.24) is 15.1 Å². The number of carbonyl (C=O) groups is 2. The Hall–Kier alpha value is -3.68. The van der Waals surface area contributed by atoms with Gasteiger partial charge in [-0.2, -0.15) is 0 Å². The van der Waals surface area contributed by atoms with Crippen LogP contribution in [-0.4, -0.2) is 60.4 Å². The van der Waals surface area contributed by atoms with Crippen molar-refractivity contribution in [2.24, 2.45) is 0 Å². The highest BCUT2D eigenvalue weighted by molar-refractivity contribution is 5.90. The van der Waals surface area contributed by atoms with Gasteiger partial charge in [-0.25, -0.2) is 0 Å². The van der Waals surface area contributed by atoms with Gasteiger partial charge in [0.1, 0.15) is 18.4 Å². The molecule has 1 N–H and O–H groups in total. The fourth-order valence-corrected chi connectivity index (χ4v) is 5.78. The zero-order chi connectivity index (χ0) is 30.1. The molecule has 224 valence electrons. The fraction of sp³-hybridized carbons (Fsp3) is 0.429. The molecule has 2 unspecified atom stereocenters. The molecule has 7 nitrogen and oxygen atoms in total. The Morgan fingerprint density at radius 2 is 1.62 bits per heavy atom. The van der Waals surface area contributed by atoms with Gasteiger partial charge in [0.25, 0.3) is 0 Å². The summed E-state index contributed by atoms with van der Waals surface area (Å²) in [4.78, 5) is 31.7. The van der Waals surface area contributed by atoms with E-state index in [1.807, 2.05) is 78.9 Å². The van der Waals surface area contributed by atoms with Crippen LogP contribution in [0.15, 0.2) is 78.9 Å². The van der Waals surface area contributed by atoms with Gasteiger partial charge in [0.15, 0.2) is 0 Å². The van der Waals surface area contributed by atoms with Gasteiger partial charge in [-0.3, -0.25) is 14.5 Å². The van der Waals surface area contributed by atoms with Gasteiger partial charge in [-0.1, -0.05) is 66.7 Å². The van der Waals surface area contributed by atoms with Crippen LogP contribution in [0.25, 0.3) is 0 Å².